The lowest BCUT2D eigenvalue weighted by molar-refractivity contribution is -0.121. The number of amides is 1. The SMILES string of the molecule is CCN1C(=O)/C(=C/c2ccc(OC)cc2C)SC1=S. The molecule has 1 aliphatic rings. The molecule has 1 aromatic carbocycles. The summed E-state index contributed by atoms with van der Waals surface area (Å²) in [6.07, 6.45) is 1.89. The Morgan fingerprint density at radius 3 is 2.74 bits per heavy atom. The first-order valence-corrected chi connectivity index (χ1v) is 7.19. The second-order valence-corrected chi connectivity index (χ2v) is 5.82. The Kier molecular flexibility index (Phi) is 4.27. The fourth-order valence-corrected chi connectivity index (χ4v) is 3.23. The number of likely N-dealkylation sites (N-methyl/N-ethyl adjacent to an activating group) is 1. The van der Waals surface area contributed by atoms with Crippen LogP contribution < -0.4 is 4.74 Å². The molecular formula is C14H15NO2S2. The van der Waals surface area contributed by atoms with Gasteiger partial charge in [-0.2, -0.15) is 0 Å². The van der Waals surface area contributed by atoms with Gasteiger partial charge in [0.2, 0.25) is 0 Å². The number of hydrogen-bond acceptors (Lipinski definition) is 4. The number of carbonyl (C=O) groups is 1. The van der Waals surface area contributed by atoms with Crippen molar-refractivity contribution in [2.75, 3.05) is 13.7 Å². The van der Waals surface area contributed by atoms with Gasteiger partial charge in [0.05, 0.1) is 12.0 Å². The average Bonchev–Trinajstić information content (AvgIpc) is 2.66. The maximum Gasteiger partial charge on any atom is 0.266 e. The molecule has 0 radical (unpaired) electrons. The van der Waals surface area contributed by atoms with Gasteiger partial charge < -0.3 is 4.74 Å². The van der Waals surface area contributed by atoms with Crippen LogP contribution in [0.1, 0.15) is 18.1 Å². The first-order chi connectivity index (χ1) is 9.06. The smallest absolute Gasteiger partial charge is 0.266 e. The Morgan fingerprint density at radius 1 is 1.47 bits per heavy atom. The quantitative estimate of drug-likeness (QED) is 0.632. The number of ether oxygens (including phenoxy) is 1. The average molecular weight is 293 g/mol. The molecule has 1 amide bonds. The van der Waals surface area contributed by atoms with Crippen molar-refractivity contribution in [1.82, 2.24) is 4.90 Å². The molecule has 1 aromatic rings. The number of methoxy groups -OCH3 is 1. The first kappa shape index (κ1) is 14.1. The number of carbonyl (C=O) groups excluding carboxylic acids is 1. The third-order valence-electron chi connectivity index (χ3n) is 2.95. The van der Waals surface area contributed by atoms with Gasteiger partial charge in [0, 0.05) is 6.54 Å². The van der Waals surface area contributed by atoms with E-state index in [1.54, 1.807) is 12.0 Å². The molecule has 0 spiro atoms. The van der Waals surface area contributed by atoms with Crippen LogP contribution >= 0.6 is 24.0 Å². The van der Waals surface area contributed by atoms with Crippen LogP contribution in [0.4, 0.5) is 0 Å². The highest BCUT2D eigenvalue weighted by Gasteiger charge is 2.30. The van der Waals surface area contributed by atoms with Gasteiger partial charge in [-0.05, 0) is 43.2 Å². The number of aryl methyl sites for hydroxylation is 1. The summed E-state index contributed by atoms with van der Waals surface area (Å²) in [6.45, 7) is 4.53. The molecule has 0 aromatic heterocycles. The summed E-state index contributed by atoms with van der Waals surface area (Å²) in [5.74, 6) is 0.809. The Balaban J connectivity index is 2.32. The van der Waals surface area contributed by atoms with E-state index in [1.165, 1.54) is 11.8 Å². The van der Waals surface area contributed by atoms with E-state index < -0.39 is 0 Å². The van der Waals surface area contributed by atoms with Crippen LogP contribution in [0.25, 0.3) is 6.08 Å². The standard InChI is InChI=1S/C14H15NO2S2/c1-4-15-13(16)12(19-14(15)18)8-10-5-6-11(17-3)7-9(10)2/h5-8H,4H2,1-3H3/b12-8-. The van der Waals surface area contributed by atoms with Crippen LogP contribution in [-0.2, 0) is 4.79 Å². The number of hydrogen-bond donors (Lipinski definition) is 0. The molecule has 1 aliphatic heterocycles. The monoisotopic (exact) mass is 293 g/mol. The zero-order chi connectivity index (χ0) is 14.0. The lowest BCUT2D eigenvalue weighted by Gasteiger charge is -2.09. The number of rotatable bonds is 3. The van der Waals surface area contributed by atoms with Gasteiger partial charge in [-0.25, -0.2) is 0 Å². The van der Waals surface area contributed by atoms with E-state index >= 15 is 0 Å². The molecule has 0 saturated carbocycles. The Labute approximate surface area is 122 Å². The molecule has 0 unspecified atom stereocenters. The zero-order valence-electron chi connectivity index (χ0n) is 11.1. The van der Waals surface area contributed by atoms with E-state index in [0.717, 1.165) is 16.9 Å². The Hall–Kier alpha value is -1.33. The molecule has 3 nitrogen and oxygen atoms in total. The number of benzene rings is 1. The van der Waals surface area contributed by atoms with Crippen molar-refractivity contribution in [1.29, 1.82) is 0 Å². The predicted octanol–water partition coefficient (Wildman–Crippen LogP) is 3.22. The van der Waals surface area contributed by atoms with Crippen LogP contribution in [0.2, 0.25) is 0 Å². The third kappa shape index (κ3) is 2.82. The van der Waals surface area contributed by atoms with Crippen LogP contribution in [0.3, 0.4) is 0 Å². The summed E-state index contributed by atoms with van der Waals surface area (Å²) in [5, 5.41) is 0. The van der Waals surface area contributed by atoms with Crippen molar-refractivity contribution in [2.45, 2.75) is 13.8 Å². The van der Waals surface area contributed by atoms with Crippen LogP contribution in [0.15, 0.2) is 23.1 Å². The van der Waals surface area contributed by atoms with Crippen molar-refractivity contribution in [3.05, 3.63) is 34.2 Å². The molecule has 1 heterocycles. The second-order valence-electron chi connectivity index (χ2n) is 4.15. The highest BCUT2D eigenvalue weighted by Crippen LogP contribution is 2.33. The predicted molar refractivity (Wildman–Crippen MR) is 83.3 cm³/mol. The lowest BCUT2D eigenvalue weighted by atomic mass is 10.1. The van der Waals surface area contributed by atoms with Crippen molar-refractivity contribution in [3.8, 4) is 5.75 Å². The molecule has 0 bridgehead atoms. The fourth-order valence-electron chi connectivity index (χ4n) is 1.85. The van der Waals surface area contributed by atoms with E-state index in [4.69, 9.17) is 17.0 Å². The van der Waals surface area contributed by atoms with Crippen molar-refractivity contribution in [3.63, 3.8) is 0 Å². The molecule has 5 heteroatoms. The maximum absolute atomic E-state index is 12.1. The zero-order valence-corrected chi connectivity index (χ0v) is 12.7. The maximum atomic E-state index is 12.1. The minimum atomic E-state index is -0.00674. The van der Waals surface area contributed by atoms with Crippen LogP contribution in [0.5, 0.6) is 5.75 Å². The lowest BCUT2D eigenvalue weighted by Crippen LogP contribution is -2.27. The molecule has 2 rings (SSSR count). The molecule has 19 heavy (non-hydrogen) atoms. The fraction of sp³-hybridized carbons (Fsp3) is 0.286. The van der Waals surface area contributed by atoms with Gasteiger partial charge in [0.1, 0.15) is 10.1 Å². The molecule has 0 aliphatic carbocycles. The highest BCUT2D eigenvalue weighted by molar-refractivity contribution is 8.26. The van der Waals surface area contributed by atoms with Crippen molar-refractivity contribution < 1.29 is 9.53 Å². The van der Waals surface area contributed by atoms with Gasteiger partial charge >= 0.3 is 0 Å². The molecule has 0 N–H and O–H groups in total. The van der Waals surface area contributed by atoms with E-state index in [9.17, 15) is 4.79 Å². The minimum Gasteiger partial charge on any atom is -0.497 e. The summed E-state index contributed by atoms with van der Waals surface area (Å²) in [6, 6.07) is 5.79. The Morgan fingerprint density at radius 2 is 2.21 bits per heavy atom. The van der Waals surface area contributed by atoms with E-state index in [1.807, 2.05) is 38.1 Å². The van der Waals surface area contributed by atoms with Gasteiger partial charge in [0.15, 0.2) is 0 Å². The van der Waals surface area contributed by atoms with E-state index in [-0.39, 0.29) is 5.91 Å². The van der Waals surface area contributed by atoms with Crippen LogP contribution in [-0.4, -0.2) is 28.8 Å². The van der Waals surface area contributed by atoms with E-state index in [2.05, 4.69) is 0 Å². The van der Waals surface area contributed by atoms with Crippen molar-refractivity contribution in [2.24, 2.45) is 0 Å². The first-order valence-electron chi connectivity index (χ1n) is 5.96. The normalized spacial score (nSPS) is 17.4. The van der Waals surface area contributed by atoms with Gasteiger partial charge in [-0.1, -0.05) is 30.0 Å². The number of thiocarbonyl (C=S) groups is 1. The molecule has 1 fully saturated rings. The molecule has 0 atom stereocenters. The second kappa shape index (κ2) is 5.75. The molecule has 1 saturated heterocycles. The molecule has 100 valence electrons. The van der Waals surface area contributed by atoms with Crippen molar-refractivity contribution >= 4 is 40.3 Å². The molecular weight excluding hydrogens is 278 g/mol. The Bertz CT molecular complexity index is 567. The third-order valence-corrected chi connectivity index (χ3v) is 4.33. The summed E-state index contributed by atoms with van der Waals surface area (Å²) in [4.78, 5) is 14.4. The van der Waals surface area contributed by atoms with Gasteiger partial charge in [-0.3, -0.25) is 9.69 Å². The summed E-state index contributed by atoms with van der Waals surface area (Å²) in [7, 11) is 1.64. The van der Waals surface area contributed by atoms with Gasteiger partial charge in [-0.15, -0.1) is 0 Å². The number of nitrogens with zero attached hydrogens (tertiary/aromatic N) is 1. The van der Waals surface area contributed by atoms with E-state index in [0.29, 0.717) is 15.8 Å². The minimum absolute atomic E-state index is 0.00674. The topological polar surface area (TPSA) is 29.5 Å². The highest BCUT2D eigenvalue weighted by atomic mass is 32.2. The summed E-state index contributed by atoms with van der Waals surface area (Å²) >= 11 is 6.55. The van der Waals surface area contributed by atoms with Gasteiger partial charge in [0.25, 0.3) is 5.91 Å². The summed E-state index contributed by atoms with van der Waals surface area (Å²) in [5.41, 5.74) is 2.08. The summed E-state index contributed by atoms with van der Waals surface area (Å²) < 4.78 is 5.80. The van der Waals surface area contributed by atoms with Crippen LogP contribution in [0, 0.1) is 6.92 Å². The number of thioether (sulfide) groups is 1. The largest absolute Gasteiger partial charge is 0.497 e.